The zero-order valence-electron chi connectivity index (χ0n) is 9.86. The van der Waals surface area contributed by atoms with E-state index in [9.17, 15) is 0 Å². The van der Waals surface area contributed by atoms with Gasteiger partial charge in [0, 0.05) is 17.5 Å². The Bertz CT molecular complexity index is 385. The average molecular weight is 237 g/mol. The van der Waals surface area contributed by atoms with Crippen LogP contribution in [0.4, 0.5) is 0 Å². The van der Waals surface area contributed by atoms with Crippen LogP contribution in [0.25, 0.3) is 0 Å². The Morgan fingerprint density at radius 1 is 1.75 bits per heavy atom. The van der Waals surface area contributed by atoms with Crippen LogP contribution in [0.1, 0.15) is 36.8 Å². The van der Waals surface area contributed by atoms with Crippen molar-refractivity contribution < 1.29 is 0 Å². The Balaban J connectivity index is 2.23. The van der Waals surface area contributed by atoms with Crippen molar-refractivity contribution in [3.8, 4) is 0 Å². The fourth-order valence-corrected chi connectivity index (χ4v) is 3.55. The van der Waals surface area contributed by atoms with Crippen molar-refractivity contribution in [1.82, 2.24) is 4.90 Å². The maximum Gasteiger partial charge on any atom is 0.108 e. The van der Waals surface area contributed by atoms with Gasteiger partial charge in [-0.3, -0.25) is 10.3 Å². The lowest BCUT2D eigenvalue weighted by Gasteiger charge is -2.38. The molecule has 4 heteroatoms. The fraction of sp³-hybridized carbons (Fsp3) is 0.583. The van der Waals surface area contributed by atoms with Crippen LogP contribution < -0.4 is 5.73 Å². The summed E-state index contributed by atoms with van der Waals surface area (Å²) in [7, 11) is 0. The third-order valence-electron chi connectivity index (χ3n) is 3.47. The molecule has 2 heterocycles. The highest BCUT2D eigenvalue weighted by molar-refractivity contribution is 7.10. The number of nitrogens with two attached hydrogens (primary N) is 1. The topological polar surface area (TPSA) is 53.1 Å². The first-order valence-electron chi connectivity index (χ1n) is 5.81. The van der Waals surface area contributed by atoms with Gasteiger partial charge in [0.1, 0.15) is 5.84 Å². The van der Waals surface area contributed by atoms with E-state index in [1.807, 2.05) is 11.3 Å². The molecule has 1 aromatic rings. The molecular formula is C12H19N3S. The van der Waals surface area contributed by atoms with E-state index in [4.69, 9.17) is 11.1 Å². The van der Waals surface area contributed by atoms with E-state index in [0.717, 1.165) is 19.4 Å². The van der Waals surface area contributed by atoms with Crippen LogP contribution in [0, 0.1) is 5.41 Å². The largest absolute Gasteiger partial charge is 0.386 e. The first-order chi connectivity index (χ1) is 7.65. The van der Waals surface area contributed by atoms with Gasteiger partial charge in [0.05, 0.1) is 6.04 Å². The van der Waals surface area contributed by atoms with Crippen molar-refractivity contribution in [1.29, 1.82) is 5.41 Å². The molecule has 0 saturated heterocycles. The van der Waals surface area contributed by atoms with Crippen LogP contribution in [0.2, 0.25) is 0 Å². The van der Waals surface area contributed by atoms with Gasteiger partial charge in [0.25, 0.3) is 0 Å². The van der Waals surface area contributed by atoms with Gasteiger partial charge in [-0.1, -0.05) is 6.92 Å². The van der Waals surface area contributed by atoms with Gasteiger partial charge < -0.3 is 5.73 Å². The van der Waals surface area contributed by atoms with Crippen molar-refractivity contribution in [3.63, 3.8) is 0 Å². The molecule has 3 nitrogen and oxygen atoms in total. The van der Waals surface area contributed by atoms with E-state index in [0.29, 0.717) is 11.9 Å². The summed E-state index contributed by atoms with van der Waals surface area (Å²) in [5.74, 6) is 0.299. The second-order valence-corrected chi connectivity index (χ2v) is 5.34. The second-order valence-electron chi connectivity index (χ2n) is 4.34. The van der Waals surface area contributed by atoms with E-state index in [1.54, 1.807) is 0 Å². The second kappa shape index (κ2) is 4.55. The molecule has 0 fully saturated rings. The molecule has 2 rings (SSSR count). The summed E-state index contributed by atoms with van der Waals surface area (Å²) in [5, 5.41) is 9.83. The number of hydrogen-bond donors (Lipinski definition) is 2. The van der Waals surface area contributed by atoms with Gasteiger partial charge in [0.2, 0.25) is 0 Å². The normalized spacial score (nSPS) is 22.8. The minimum atomic E-state index is 0.100. The molecule has 0 saturated carbocycles. The standard InChI is InChI=1S/C12H19N3S/c1-3-10(12(13)14)15-6-4-11-9(8(15)2)5-7-16-11/h5,7-8,10H,3-4,6H2,1-2H3,(H3,13,14). The molecule has 0 aliphatic carbocycles. The minimum absolute atomic E-state index is 0.100. The Morgan fingerprint density at radius 3 is 3.12 bits per heavy atom. The van der Waals surface area contributed by atoms with Crippen LogP contribution in [0.3, 0.4) is 0 Å². The molecule has 88 valence electrons. The molecule has 0 amide bonds. The minimum Gasteiger partial charge on any atom is -0.386 e. The smallest absolute Gasteiger partial charge is 0.108 e. The molecule has 2 atom stereocenters. The summed E-state index contributed by atoms with van der Waals surface area (Å²) in [6, 6.07) is 2.70. The van der Waals surface area contributed by atoms with Crippen LogP contribution in [-0.2, 0) is 6.42 Å². The first-order valence-corrected chi connectivity index (χ1v) is 6.69. The van der Waals surface area contributed by atoms with E-state index in [2.05, 4.69) is 30.2 Å². The summed E-state index contributed by atoms with van der Waals surface area (Å²) in [5.41, 5.74) is 7.11. The Kier molecular flexibility index (Phi) is 3.30. The zero-order chi connectivity index (χ0) is 11.7. The molecule has 0 bridgehead atoms. The monoisotopic (exact) mass is 237 g/mol. The van der Waals surface area contributed by atoms with Crippen molar-refractivity contribution in [3.05, 3.63) is 21.9 Å². The van der Waals surface area contributed by atoms with Crippen LogP contribution in [0.15, 0.2) is 11.4 Å². The Labute approximate surface area is 101 Å². The summed E-state index contributed by atoms with van der Waals surface area (Å²) in [4.78, 5) is 3.86. The predicted molar refractivity (Wildman–Crippen MR) is 69.1 cm³/mol. The van der Waals surface area contributed by atoms with E-state index >= 15 is 0 Å². The predicted octanol–water partition coefficient (Wildman–Crippen LogP) is 2.38. The number of thiophene rings is 1. The zero-order valence-corrected chi connectivity index (χ0v) is 10.7. The molecule has 1 aliphatic heterocycles. The van der Waals surface area contributed by atoms with Gasteiger partial charge in [0.15, 0.2) is 0 Å². The average Bonchev–Trinajstić information content (AvgIpc) is 2.70. The third-order valence-corrected chi connectivity index (χ3v) is 4.47. The highest BCUT2D eigenvalue weighted by Gasteiger charge is 2.30. The summed E-state index contributed by atoms with van der Waals surface area (Å²) >= 11 is 1.85. The maximum absolute atomic E-state index is 7.66. The maximum atomic E-state index is 7.66. The van der Waals surface area contributed by atoms with Gasteiger partial charge in [-0.05, 0) is 36.8 Å². The van der Waals surface area contributed by atoms with E-state index in [-0.39, 0.29) is 6.04 Å². The number of nitrogens with zero attached hydrogens (tertiary/aromatic N) is 1. The summed E-state index contributed by atoms with van der Waals surface area (Å²) in [6.07, 6.45) is 2.01. The molecule has 0 spiro atoms. The van der Waals surface area contributed by atoms with Crippen LogP contribution >= 0.6 is 11.3 Å². The van der Waals surface area contributed by atoms with E-state index in [1.165, 1.54) is 10.4 Å². The van der Waals surface area contributed by atoms with Crippen molar-refractivity contribution in [2.24, 2.45) is 5.73 Å². The number of rotatable bonds is 3. The number of fused-ring (bicyclic) bond motifs is 1. The van der Waals surface area contributed by atoms with Gasteiger partial charge in [-0.15, -0.1) is 11.3 Å². The lowest BCUT2D eigenvalue weighted by molar-refractivity contribution is 0.168. The van der Waals surface area contributed by atoms with Crippen molar-refractivity contribution in [2.45, 2.75) is 38.8 Å². The molecular weight excluding hydrogens is 218 g/mol. The van der Waals surface area contributed by atoms with E-state index < -0.39 is 0 Å². The highest BCUT2D eigenvalue weighted by Crippen LogP contribution is 2.34. The molecule has 1 aliphatic rings. The Hall–Kier alpha value is -0.870. The summed E-state index contributed by atoms with van der Waals surface area (Å²) < 4.78 is 0. The lowest BCUT2D eigenvalue weighted by atomic mass is 9.98. The first kappa shape index (κ1) is 11.6. The number of amidine groups is 1. The highest BCUT2D eigenvalue weighted by atomic mass is 32.1. The quantitative estimate of drug-likeness (QED) is 0.626. The molecule has 0 radical (unpaired) electrons. The molecule has 3 N–H and O–H groups in total. The van der Waals surface area contributed by atoms with Gasteiger partial charge in [-0.2, -0.15) is 0 Å². The fourth-order valence-electron chi connectivity index (χ4n) is 2.59. The van der Waals surface area contributed by atoms with Crippen LogP contribution in [0.5, 0.6) is 0 Å². The van der Waals surface area contributed by atoms with Gasteiger partial charge >= 0.3 is 0 Å². The third kappa shape index (κ3) is 1.87. The Morgan fingerprint density at radius 2 is 2.50 bits per heavy atom. The van der Waals surface area contributed by atoms with Crippen molar-refractivity contribution >= 4 is 17.2 Å². The summed E-state index contributed by atoms with van der Waals surface area (Å²) in [6.45, 7) is 5.34. The molecule has 0 aromatic carbocycles. The molecule has 2 unspecified atom stereocenters. The molecule has 1 aromatic heterocycles. The van der Waals surface area contributed by atoms with Crippen LogP contribution in [-0.4, -0.2) is 23.3 Å². The lowest BCUT2D eigenvalue weighted by Crippen LogP contribution is -2.47. The van der Waals surface area contributed by atoms with Crippen molar-refractivity contribution in [2.75, 3.05) is 6.54 Å². The number of hydrogen-bond acceptors (Lipinski definition) is 3. The molecule has 16 heavy (non-hydrogen) atoms. The van der Waals surface area contributed by atoms with Gasteiger partial charge in [-0.25, -0.2) is 0 Å². The SMILES string of the molecule is CCC(C(=N)N)N1CCc2sccc2C1C. The number of nitrogens with one attached hydrogen (secondary N) is 1.